The molecule has 1 aromatic heterocycles. The van der Waals surface area contributed by atoms with E-state index >= 15 is 0 Å². The number of carbonyl (C=O) groups is 1. The average molecular weight is 389 g/mol. The number of aromatic nitrogens is 2. The number of hydrogen-bond donors (Lipinski definition) is 1. The topological polar surface area (TPSA) is 58.1 Å². The quantitative estimate of drug-likeness (QED) is 0.618. The van der Waals surface area contributed by atoms with Crippen molar-refractivity contribution in [2.45, 2.75) is 46.7 Å². The van der Waals surface area contributed by atoms with Gasteiger partial charge in [-0.15, -0.1) is 0 Å². The highest BCUT2D eigenvalue weighted by molar-refractivity contribution is 6.03. The molecule has 2 aromatic carbocycles. The maximum atomic E-state index is 12.9. The molecule has 5 heteroatoms. The first kappa shape index (κ1) is 20.5. The Labute approximate surface area is 172 Å². The van der Waals surface area contributed by atoms with Gasteiger partial charge in [-0.3, -0.25) is 4.79 Å². The minimum atomic E-state index is -0.221. The number of carbonyl (C=O) groups excluding carboxylic acids is 1. The number of nitrogens with one attached hydrogen (secondary N) is 1. The van der Waals surface area contributed by atoms with Crippen molar-refractivity contribution in [2.75, 3.05) is 10.2 Å². The van der Waals surface area contributed by atoms with Crippen molar-refractivity contribution >= 4 is 17.5 Å². The molecule has 0 bridgehead atoms. The van der Waals surface area contributed by atoms with Crippen molar-refractivity contribution < 1.29 is 4.79 Å². The molecule has 0 aliphatic carbocycles. The van der Waals surface area contributed by atoms with Gasteiger partial charge >= 0.3 is 0 Å². The fourth-order valence-corrected chi connectivity index (χ4v) is 3.20. The Hall–Kier alpha value is -3.21. The molecule has 1 amide bonds. The van der Waals surface area contributed by atoms with Crippen molar-refractivity contribution in [2.24, 2.45) is 0 Å². The van der Waals surface area contributed by atoms with E-state index in [1.807, 2.05) is 49.4 Å². The molecule has 1 N–H and O–H groups in total. The molecule has 0 unspecified atom stereocenters. The lowest BCUT2D eigenvalue weighted by atomic mass is 10.1. The van der Waals surface area contributed by atoms with Crippen LogP contribution in [0.15, 0.2) is 60.7 Å². The molecule has 3 aromatic rings. The summed E-state index contributed by atoms with van der Waals surface area (Å²) in [5.74, 6) is 0.346. The van der Waals surface area contributed by atoms with Crippen LogP contribution in [0.5, 0.6) is 0 Å². The molecule has 0 aliphatic rings. The minimum absolute atomic E-state index is 0.189. The van der Waals surface area contributed by atoms with E-state index in [1.165, 1.54) is 5.56 Å². The maximum Gasteiger partial charge on any atom is 0.274 e. The molecule has 0 saturated carbocycles. The lowest BCUT2D eigenvalue weighted by Crippen LogP contribution is -2.32. The Balaban J connectivity index is 1.88. The standard InChI is InChI=1S/C24H28N4O/c1-5-20-13-9-10-14-21(20)26-23(29)22-15-18(4)25-24(27-22)28(17(2)3)16-19-11-7-6-8-12-19/h6-15,17H,5,16H2,1-4H3,(H,26,29). The summed E-state index contributed by atoms with van der Waals surface area (Å²) in [6, 6.07) is 20.0. The summed E-state index contributed by atoms with van der Waals surface area (Å²) in [6.07, 6.45) is 0.850. The molecule has 1 heterocycles. The molecular formula is C24H28N4O. The number of para-hydroxylation sites is 1. The summed E-state index contributed by atoms with van der Waals surface area (Å²) >= 11 is 0. The molecule has 5 nitrogen and oxygen atoms in total. The Bertz CT molecular complexity index is 970. The zero-order valence-corrected chi connectivity index (χ0v) is 17.5. The fourth-order valence-electron chi connectivity index (χ4n) is 3.20. The molecule has 3 rings (SSSR count). The second-order valence-corrected chi connectivity index (χ2v) is 7.37. The molecule has 0 fully saturated rings. The Kier molecular flexibility index (Phi) is 6.60. The Morgan fingerprint density at radius 2 is 1.72 bits per heavy atom. The van der Waals surface area contributed by atoms with Crippen LogP contribution >= 0.6 is 0 Å². The van der Waals surface area contributed by atoms with Gasteiger partial charge in [0.2, 0.25) is 5.95 Å². The Morgan fingerprint density at radius 3 is 2.41 bits per heavy atom. The van der Waals surface area contributed by atoms with Crippen molar-refractivity contribution in [3.05, 3.63) is 83.2 Å². The van der Waals surface area contributed by atoms with Gasteiger partial charge in [-0.25, -0.2) is 9.97 Å². The summed E-state index contributed by atoms with van der Waals surface area (Å²) in [7, 11) is 0. The van der Waals surface area contributed by atoms with Gasteiger partial charge in [-0.2, -0.15) is 0 Å². The average Bonchev–Trinajstić information content (AvgIpc) is 2.72. The molecule has 0 aliphatic heterocycles. The first-order valence-corrected chi connectivity index (χ1v) is 10.0. The number of amides is 1. The predicted molar refractivity (Wildman–Crippen MR) is 118 cm³/mol. The zero-order chi connectivity index (χ0) is 20.8. The van der Waals surface area contributed by atoms with E-state index in [9.17, 15) is 4.79 Å². The molecular weight excluding hydrogens is 360 g/mol. The highest BCUT2D eigenvalue weighted by Crippen LogP contribution is 2.19. The van der Waals surface area contributed by atoms with E-state index in [2.05, 4.69) is 53.1 Å². The van der Waals surface area contributed by atoms with Gasteiger partial charge in [0.15, 0.2) is 0 Å². The third kappa shape index (κ3) is 5.19. The number of benzene rings is 2. The van der Waals surface area contributed by atoms with Gasteiger partial charge in [-0.1, -0.05) is 55.5 Å². The Morgan fingerprint density at radius 1 is 1.03 bits per heavy atom. The molecule has 150 valence electrons. The molecule has 0 radical (unpaired) electrons. The van der Waals surface area contributed by atoms with E-state index < -0.39 is 0 Å². The van der Waals surface area contributed by atoms with E-state index in [0.717, 1.165) is 23.4 Å². The third-order valence-corrected chi connectivity index (χ3v) is 4.80. The SMILES string of the molecule is CCc1ccccc1NC(=O)c1cc(C)nc(N(Cc2ccccc2)C(C)C)n1. The predicted octanol–water partition coefficient (Wildman–Crippen LogP) is 5.01. The summed E-state index contributed by atoms with van der Waals surface area (Å²) in [5.41, 5.74) is 4.23. The number of nitrogens with zero attached hydrogens (tertiary/aromatic N) is 3. The largest absolute Gasteiger partial charge is 0.334 e. The van der Waals surface area contributed by atoms with Crippen LogP contribution < -0.4 is 10.2 Å². The smallest absolute Gasteiger partial charge is 0.274 e. The van der Waals surface area contributed by atoms with Crippen molar-refractivity contribution in [3.8, 4) is 0 Å². The zero-order valence-electron chi connectivity index (χ0n) is 17.5. The van der Waals surface area contributed by atoms with Gasteiger partial charge in [0.1, 0.15) is 5.69 Å². The van der Waals surface area contributed by atoms with Crippen LogP contribution in [0.2, 0.25) is 0 Å². The third-order valence-electron chi connectivity index (χ3n) is 4.80. The van der Waals surface area contributed by atoms with Crippen LogP contribution in [0.25, 0.3) is 0 Å². The highest BCUT2D eigenvalue weighted by atomic mass is 16.1. The van der Waals surface area contributed by atoms with Crippen LogP contribution in [-0.2, 0) is 13.0 Å². The summed E-state index contributed by atoms with van der Waals surface area (Å²) in [4.78, 5) is 24.2. The van der Waals surface area contributed by atoms with Crippen molar-refractivity contribution in [1.29, 1.82) is 0 Å². The number of rotatable bonds is 7. The van der Waals surface area contributed by atoms with E-state index in [0.29, 0.717) is 18.2 Å². The van der Waals surface area contributed by atoms with Crippen LogP contribution in [0.3, 0.4) is 0 Å². The van der Waals surface area contributed by atoms with Gasteiger partial charge in [-0.05, 0) is 50.5 Å². The second-order valence-electron chi connectivity index (χ2n) is 7.37. The molecule has 29 heavy (non-hydrogen) atoms. The first-order valence-electron chi connectivity index (χ1n) is 10.0. The lowest BCUT2D eigenvalue weighted by molar-refractivity contribution is 0.102. The van der Waals surface area contributed by atoms with Crippen molar-refractivity contribution in [1.82, 2.24) is 9.97 Å². The molecule has 0 atom stereocenters. The number of aryl methyl sites for hydroxylation is 2. The minimum Gasteiger partial charge on any atom is -0.334 e. The fraction of sp³-hybridized carbons (Fsp3) is 0.292. The van der Waals surface area contributed by atoms with Gasteiger partial charge in [0.25, 0.3) is 5.91 Å². The summed E-state index contributed by atoms with van der Waals surface area (Å²) < 4.78 is 0. The number of anilines is 2. The monoisotopic (exact) mass is 388 g/mol. The lowest BCUT2D eigenvalue weighted by Gasteiger charge is -2.27. The number of hydrogen-bond acceptors (Lipinski definition) is 4. The van der Waals surface area contributed by atoms with Crippen LogP contribution in [0.4, 0.5) is 11.6 Å². The van der Waals surface area contributed by atoms with Crippen molar-refractivity contribution in [3.63, 3.8) is 0 Å². The van der Waals surface area contributed by atoms with E-state index in [4.69, 9.17) is 0 Å². The van der Waals surface area contributed by atoms with Crippen LogP contribution in [0, 0.1) is 6.92 Å². The maximum absolute atomic E-state index is 12.9. The summed E-state index contributed by atoms with van der Waals surface area (Å²) in [5, 5.41) is 3.00. The van der Waals surface area contributed by atoms with E-state index in [1.54, 1.807) is 6.07 Å². The highest BCUT2D eigenvalue weighted by Gasteiger charge is 2.18. The van der Waals surface area contributed by atoms with Crippen LogP contribution in [-0.4, -0.2) is 21.9 Å². The second kappa shape index (κ2) is 9.32. The van der Waals surface area contributed by atoms with Gasteiger partial charge < -0.3 is 10.2 Å². The first-order chi connectivity index (χ1) is 14.0. The van der Waals surface area contributed by atoms with Gasteiger partial charge in [0, 0.05) is 24.0 Å². The molecule has 0 spiro atoms. The summed E-state index contributed by atoms with van der Waals surface area (Å²) in [6.45, 7) is 8.85. The normalized spacial score (nSPS) is 10.8. The molecule has 0 saturated heterocycles. The van der Waals surface area contributed by atoms with Crippen LogP contribution in [0.1, 0.15) is 48.1 Å². The van der Waals surface area contributed by atoms with E-state index in [-0.39, 0.29) is 11.9 Å². The van der Waals surface area contributed by atoms with Gasteiger partial charge in [0.05, 0.1) is 0 Å².